The Morgan fingerprint density at radius 2 is 1.74 bits per heavy atom. The van der Waals surface area contributed by atoms with Gasteiger partial charge in [0.2, 0.25) is 11.8 Å². The van der Waals surface area contributed by atoms with Crippen molar-refractivity contribution in [2.45, 2.75) is 25.8 Å². The number of ether oxygens (including phenoxy) is 2. The molecular formula is C21H24N2O4. The third-order valence-electron chi connectivity index (χ3n) is 5.02. The summed E-state index contributed by atoms with van der Waals surface area (Å²) in [5.74, 6) is 0.193. The smallest absolute Gasteiger partial charge is 0.227 e. The molecule has 6 heteroatoms. The van der Waals surface area contributed by atoms with Gasteiger partial charge in [0.25, 0.3) is 0 Å². The molecule has 0 radical (unpaired) electrons. The number of hydrogen-bond acceptors (Lipinski definition) is 4. The molecule has 1 saturated heterocycles. The van der Waals surface area contributed by atoms with Crippen LogP contribution in [0.25, 0.3) is 0 Å². The number of methoxy groups -OCH3 is 2. The number of carbonyl (C=O) groups is 2. The molecule has 0 saturated carbocycles. The van der Waals surface area contributed by atoms with Crippen molar-refractivity contribution < 1.29 is 19.1 Å². The van der Waals surface area contributed by atoms with Crippen LogP contribution in [0.15, 0.2) is 42.5 Å². The summed E-state index contributed by atoms with van der Waals surface area (Å²) in [7, 11) is 3.11. The summed E-state index contributed by atoms with van der Waals surface area (Å²) in [6.45, 7) is 1.99. The van der Waals surface area contributed by atoms with Crippen LogP contribution in [0.3, 0.4) is 0 Å². The second kappa shape index (κ2) is 7.70. The van der Waals surface area contributed by atoms with Gasteiger partial charge >= 0.3 is 0 Å². The van der Waals surface area contributed by atoms with E-state index in [-0.39, 0.29) is 12.3 Å². The van der Waals surface area contributed by atoms with Gasteiger partial charge in [-0.3, -0.25) is 9.59 Å². The van der Waals surface area contributed by atoms with Gasteiger partial charge in [-0.25, -0.2) is 0 Å². The van der Waals surface area contributed by atoms with E-state index in [9.17, 15) is 9.59 Å². The van der Waals surface area contributed by atoms with Crippen LogP contribution in [0, 0.1) is 12.8 Å². The predicted molar refractivity (Wildman–Crippen MR) is 103 cm³/mol. The number of primary amides is 1. The van der Waals surface area contributed by atoms with Crippen LogP contribution < -0.4 is 20.1 Å². The third-order valence-corrected chi connectivity index (χ3v) is 5.02. The maximum Gasteiger partial charge on any atom is 0.227 e. The van der Waals surface area contributed by atoms with Crippen molar-refractivity contribution in [1.82, 2.24) is 0 Å². The van der Waals surface area contributed by atoms with Crippen LogP contribution in [-0.2, 0) is 9.59 Å². The van der Waals surface area contributed by atoms with Crippen molar-refractivity contribution >= 4 is 17.5 Å². The molecule has 2 N–H and O–H groups in total. The maximum atomic E-state index is 12.8. The highest BCUT2D eigenvalue weighted by molar-refractivity contribution is 5.97. The number of benzene rings is 2. The van der Waals surface area contributed by atoms with Gasteiger partial charge in [0.15, 0.2) is 11.5 Å². The monoisotopic (exact) mass is 368 g/mol. The summed E-state index contributed by atoms with van der Waals surface area (Å²) in [5, 5.41) is 0. The first-order valence-electron chi connectivity index (χ1n) is 8.86. The minimum absolute atomic E-state index is 0.0314. The van der Waals surface area contributed by atoms with E-state index in [1.54, 1.807) is 31.3 Å². The fraction of sp³-hybridized carbons (Fsp3) is 0.333. The topological polar surface area (TPSA) is 81.9 Å². The lowest BCUT2D eigenvalue weighted by Gasteiger charge is -2.40. The van der Waals surface area contributed by atoms with Crippen molar-refractivity contribution in [3.63, 3.8) is 0 Å². The molecule has 0 unspecified atom stereocenters. The molecule has 27 heavy (non-hydrogen) atoms. The van der Waals surface area contributed by atoms with Crippen LogP contribution in [0.2, 0.25) is 0 Å². The van der Waals surface area contributed by atoms with Gasteiger partial charge in [-0.15, -0.1) is 0 Å². The molecule has 6 nitrogen and oxygen atoms in total. The van der Waals surface area contributed by atoms with Crippen LogP contribution in [0.1, 0.15) is 30.0 Å². The number of piperidine rings is 1. The number of hydrogen-bond donors (Lipinski definition) is 1. The molecule has 2 amide bonds. The van der Waals surface area contributed by atoms with E-state index in [0.29, 0.717) is 17.9 Å². The zero-order valence-electron chi connectivity index (χ0n) is 15.8. The van der Waals surface area contributed by atoms with Gasteiger partial charge in [-0.05, 0) is 43.2 Å². The Balaban J connectivity index is 2.13. The van der Waals surface area contributed by atoms with Crippen LogP contribution in [0.4, 0.5) is 5.69 Å². The highest BCUT2D eigenvalue weighted by Crippen LogP contribution is 2.42. The van der Waals surface area contributed by atoms with E-state index in [0.717, 1.165) is 16.8 Å². The molecule has 0 aliphatic carbocycles. The molecule has 2 aromatic rings. The van der Waals surface area contributed by atoms with Gasteiger partial charge in [0.05, 0.1) is 26.2 Å². The number of anilines is 1. The Labute approximate surface area is 158 Å². The lowest BCUT2D eigenvalue weighted by molar-refractivity contribution is -0.127. The summed E-state index contributed by atoms with van der Waals surface area (Å²) in [6.07, 6.45) is 0.709. The zero-order chi connectivity index (χ0) is 19.6. The van der Waals surface area contributed by atoms with Crippen LogP contribution in [0.5, 0.6) is 11.5 Å². The van der Waals surface area contributed by atoms with Crippen molar-refractivity contribution in [1.29, 1.82) is 0 Å². The molecule has 2 aromatic carbocycles. The van der Waals surface area contributed by atoms with E-state index in [2.05, 4.69) is 0 Å². The summed E-state index contributed by atoms with van der Waals surface area (Å²) in [5.41, 5.74) is 8.32. The zero-order valence-corrected chi connectivity index (χ0v) is 15.8. The Bertz CT molecular complexity index is 848. The molecule has 1 aliphatic heterocycles. The summed E-state index contributed by atoms with van der Waals surface area (Å²) in [6, 6.07) is 12.6. The first kappa shape index (κ1) is 18.8. The standard InChI is InChI=1S/C21H24N2O4/c1-13-4-7-15(8-5-13)23-19(24)11-9-16(21(22)25)20(23)14-6-10-17(26-2)18(12-14)27-3/h4-8,10,12,16,20H,9,11H2,1-3H3,(H2,22,25)/t16-,20-/m1/s1. The normalized spacial score (nSPS) is 19.7. The summed E-state index contributed by atoms with van der Waals surface area (Å²) >= 11 is 0. The Morgan fingerprint density at radius 3 is 2.33 bits per heavy atom. The average molecular weight is 368 g/mol. The van der Waals surface area contributed by atoms with E-state index >= 15 is 0 Å². The SMILES string of the molecule is COc1ccc([C@@H]2[C@H](C(N)=O)CCC(=O)N2c2ccc(C)cc2)cc1OC. The largest absolute Gasteiger partial charge is 0.493 e. The lowest BCUT2D eigenvalue weighted by Crippen LogP contribution is -2.47. The molecule has 1 aliphatic rings. The summed E-state index contributed by atoms with van der Waals surface area (Å²) in [4.78, 5) is 26.7. The van der Waals surface area contributed by atoms with Crippen LogP contribution >= 0.6 is 0 Å². The maximum absolute atomic E-state index is 12.8. The van der Waals surface area contributed by atoms with Crippen molar-refractivity contribution in [2.75, 3.05) is 19.1 Å². The van der Waals surface area contributed by atoms with Gasteiger partial charge < -0.3 is 20.1 Å². The first-order valence-corrected chi connectivity index (χ1v) is 8.86. The third kappa shape index (κ3) is 3.60. The molecule has 0 aromatic heterocycles. The Hall–Kier alpha value is -3.02. The average Bonchev–Trinajstić information content (AvgIpc) is 2.67. The number of carbonyl (C=O) groups excluding carboxylic acids is 2. The Kier molecular flexibility index (Phi) is 5.35. The predicted octanol–water partition coefficient (Wildman–Crippen LogP) is 2.98. The van der Waals surface area contributed by atoms with Crippen molar-refractivity contribution in [2.24, 2.45) is 11.7 Å². The molecule has 142 valence electrons. The van der Waals surface area contributed by atoms with Gasteiger partial charge in [0.1, 0.15) is 0 Å². The quantitative estimate of drug-likeness (QED) is 0.880. The lowest BCUT2D eigenvalue weighted by atomic mass is 9.83. The molecule has 1 heterocycles. The van der Waals surface area contributed by atoms with E-state index in [1.807, 2.05) is 37.3 Å². The van der Waals surface area contributed by atoms with Crippen molar-refractivity contribution in [3.8, 4) is 11.5 Å². The first-order chi connectivity index (χ1) is 13.0. The van der Waals surface area contributed by atoms with Gasteiger partial charge in [-0.1, -0.05) is 23.8 Å². The fourth-order valence-corrected chi connectivity index (χ4v) is 3.62. The fourth-order valence-electron chi connectivity index (χ4n) is 3.62. The number of nitrogens with zero attached hydrogens (tertiary/aromatic N) is 1. The molecule has 3 rings (SSSR count). The second-order valence-electron chi connectivity index (χ2n) is 6.71. The van der Waals surface area contributed by atoms with E-state index in [1.165, 1.54) is 0 Å². The van der Waals surface area contributed by atoms with Crippen LogP contribution in [-0.4, -0.2) is 26.0 Å². The number of nitrogens with two attached hydrogens (primary N) is 1. The number of aryl methyl sites for hydroxylation is 1. The van der Waals surface area contributed by atoms with Gasteiger partial charge in [0, 0.05) is 12.1 Å². The van der Waals surface area contributed by atoms with E-state index < -0.39 is 17.9 Å². The molecule has 2 atom stereocenters. The number of amides is 2. The van der Waals surface area contributed by atoms with Gasteiger partial charge in [-0.2, -0.15) is 0 Å². The number of rotatable bonds is 5. The minimum Gasteiger partial charge on any atom is -0.493 e. The van der Waals surface area contributed by atoms with Crippen molar-refractivity contribution in [3.05, 3.63) is 53.6 Å². The molecular weight excluding hydrogens is 344 g/mol. The molecule has 1 fully saturated rings. The molecule has 0 bridgehead atoms. The second-order valence-corrected chi connectivity index (χ2v) is 6.71. The van der Waals surface area contributed by atoms with E-state index in [4.69, 9.17) is 15.2 Å². The Morgan fingerprint density at radius 1 is 1.07 bits per heavy atom. The highest BCUT2D eigenvalue weighted by Gasteiger charge is 2.40. The minimum atomic E-state index is -0.494. The highest BCUT2D eigenvalue weighted by atomic mass is 16.5. The molecule has 0 spiro atoms. The summed E-state index contributed by atoms with van der Waals surface area (Å²) < 4.78 is 10.7.